The molecule has 0 radical (unpaired) electrons. The average molecular weight is 288 g/mol. The summed E-state index contributed by atoms with van der Waals surface area (Å²) in [6, 6.07) is 3.53. The first kappa shape index (κ1) is 13.6. The number of carbonyl (C=O) groups is 1. The molecular formula is C15H16N2O4. The van der Waals surface area contributed by atoms with Crippen molar-refractivity contribution in [3.8, 4) is 5.88 Å². The van der Waals surface area contributed by atoms with Gasteiger partial charge in [-0.1, -0.05) is 5.16 Å². The minimum Gasteiger partial charge on any atom is -0.481 e. The molecule has 110 valence electrons. The summed E-state index contributed by atoms with van der Waals surface area (Å²) in [6.07, 6.45) is 5.42. The Balaban J connectivity index is 1.64. The number of esters is 1. The van der Waals surface area contributed by atoms with Gasteiger partial charge < -0.3 is 14.0 Å². The third-order valence-electron chi connectivity index (χ3n) is 3.52. The molecule has 1 aliphatic carbocycles. The highest BCUT2D eigenvalue weighted by Gasteiger charge is 2.24. The summed E-state index contributed by atoms with van der Waals surface area (Å²) in [7, 11) is 1.55. The van der Waals surface area contributed by atoms with Gasteiger partial charge in [0.1, 0.15) is 12.4 Å². The summed E-state index contributed by atoms with van der Waals surface area (Å²) >= 11 is 0. The second-order valence-electron chi connectivity index (χ2n) is 4.92. The Morgan fingerprint density at radius 3 is 2.95 bits per heavy atom. The fourth-order valence-electron chi connectivity index (χ4n) is 2.38. The predicted molar refractivity (Wildman–Crippen MR) is 73.1 cm³/mol. The van der Waals surface area contributed by atoms with Gasteiger partial charge in [-0.2, -0.15) is 0 Å². The van der Waals surface area contributed by atoms with Crippen LogP contribution in [0.2, 0.25) is 0 Å². The first-order valence-electron chi connectivity index (χ1n) is 6.91. The molecule has 0 aromatic carbocycles. The molecule has 0 spiro atoms. The molecule has 0 saturated carbocycles. The van der Waals surface area contributed by atoms with Gasteiger partial charge in [0.2, 0.25) is 5.88 Å². The summed E-state index contributed by atoms with van der Waals surface area (Å²) in [5.41, 5.74) is 2.01. The Morgan fingerprint density at radius 1 is 1.33 bits per heavy atom. The SMILES string of the molecule is COc1ccc(COC(=O)c2noc3c2CCCC3)cn1. The maximum absolute atomic E-state index is 12.1. The third-order valence-corrected chi connectivity index (χ3v) is 3.52. The number of hydrogen-bond acceptors (Lipinski definition) is 6. The fraction of sp³-hybridized carbons (Fsp3) is 0.400. The first-order valence-corrected chi connectivity index (χ1v) is 6.91. The number of aryl methyl sites for hydroxylation is 1. The lowest BCUT2D eigenvalue weighted by Gasteiger charge is -2.09. The van der Waals surface area contributed by atoms with Crippen LogP contribution < -0.4 is 4.74 Å². The van der Waals surface area contributed by atoms with Gasteiger partial charge in [0, 0.05) is 29.8 Å². The zero-order valence-corrected chi connectivity index (χ0v) is 11.8. The lowest BCUT2D eigenvalue weighted by Crippen LogP contribution is -2.10. The van der Waals surface area contributed by atoms with Crippen molar-refractivity contribution in [2.45, 2.75) is 32.3 Å². The molecule has 21 heavy (non-hydrogen) atoms. The van der Waals surface area contributed by atoms with E-state index in [1.54, 1.807) is 25.4 Å². The van der Waals surface area contributed by atoms with E-state index in [4.69, 9.17) is 14.0 Å². The highest BCUT2D eigenvalue weighted by atomic mass is 16.5. The summed E-state index contributed by atoms with van der Waals surface area (Å²) in [6.45, 7) is 0.150. The van der Waals surface area contributed by atoms with Crippen LogP contribution in [-0.2, 0) is 24.2 Å². The van der Waals surface area contributed by atoms with Gasteiger partial charge in [-0.15, -0.1) is 0 Å². The highest BCUT2D eigenvalue weighted by Crippen LogP contribution is 2.24. The van der Waals surface area contributed by atoms with Crippen LogP contribution >= 0.6 is 0 Å². The number of methoxy groups -OCH3 is 1. The Morgan fingerprint density at radius 2 is 2.19 bits per heavy atom. The molecule has 0 amide bonds. The molecule has 0 bridgehead atoms. The smallest absolute Gasteiger partial charge is 0.361 e. The molecule has 6 heteroatoms. The van der Waals surface area contributed by atoms with E-state index in [1.807, 2.05) is 0 Å². The van der Waals surface area contributed by atoms with E-state index in [0.717, 1.165) is 42.6 Å². The van der Waals surface area contributed by atoms with Gasteiger partial charge in [0.15, 0.2) is 5.69 Å². The maximum atomic E-state index is 12.1. The van der Waals surface area contributed by atoms with Gasteiger partial charge in [0.05, 0.1) is 7.11 Å². The third kappa shape index (κ3) is 2.89. The van der Waals surface area contributed by atoms with Crippen molar-refractivity contribution in [3.05, 3.63) is 40.9 Å². The fourth-order valence-corrected chi connectivity index (χ4v) is 2.38. The molecule has 2 aromatic rings. The van der Waals surface area contributed by atoms with Crippen LogP contribution in [0.3, 0.4) is 0 Å². The van der Waals surface area contributed by atoms with Gasteiger partial charge >= 0.3 is 5.97 Å². The second-order valence-corrected chi connectivity index (χ2v) is 4.92. The molecule has 3 rings (SSSR count). The zero-order chi connectivity index (χ0) is 14.7. The minimum atomic E-state index is -0.447. The van der Waals surface area contributed by atoms with Gasteiger partial charge in [-0.25, -0.2) is 9.78 Å². The monoisotopic (exact) mass is 288 g/mol. The predicted octanol–water partition coefficient (Wildman–Crippen LogP) is 2.31. The quantitative estimate of drug-likeness (QED) is 0.804. The molecule has 2 heterocycles. The van der Waals surface area contributed by atoms with Crippen LogP contribution in [0.15, 0.2) is 22.9 Å². The van der Waals surface area contributed by atoms with E-state index in [2.05, 4.69) is 10.1 Å². The number of rotatable bonds is 4. The summed E-state index contributed by atoms with van der Waals surface area (Å²) in [5, 5.41) is 3.85. The van der Waals surface area contributed by atoms with Gasteiger partial charge in [-0.05, 0) is 25.3 Å². The standard InChI is InChI=1S/C15H16N2O4/c1-19-13-7-6-10(8-16-13)9-20-15(18)14-11-4-2-3-5-12(11)21-17-14/h6-8H,2-5,9H2,1H3. The lowest BCUT2D eigenvalue weighted by atomic mass is 9.96. The molecule has 0 unspecified atom stereocenters. The molecule has 2 aromatic heterocycles. The molecule has 0 fully saturated rings. The van der Waals surface area contributed by atoms with Crippen LogP contribution in [-0.4, -0.2) is 23.2 Å². The average Bonchev–Trinajstić information content (AvgIpc) is 2.97. The van der Waals surface area contributed by atoms with Crippen molar-refractivity contribution < 1.29 is 18.8 Å². The van der Waals surface area contributed by atoms with Crippen molar-refractivity contribution in [2.75, 3.05) is 7.11 Å². The highest BCUT2D eigenvalue weighted by molar-refractivity contribution is 5.89. The number of pyridine rings is 1. The number of aromatic nitrogens is 2. The Labute approximate surface area is 122 Å². The van der Waals surface area contributed by atoms with Crippen molar-refractivity contribution >= 4 is 5.97 Å². The number of carbonyl (C=O) groups excluding carboxylic acids is 1. The van der Waals surface area contributed by atoms with Crippen LogP contribution in [0.5, 0.6) is 5.88 Å². The van der Waals surface area contributed by atoms with E-state index >= 15 is 0 Å². The van der Waals surface area contributed by atoms with Crippen molar-refractivity contribution in [1.82, 2.24) is 10.1 Å². The maximum Gasteiger partial charge on any atom is 0.361 e. The van der Waals surface area contributed by atoms with E-state index in [9.17, 15) is 4.79 Å². The molecule has 1 aliphatic rings. The molecular weight excluding hydrogens is 272 g/mol. The number of fused-ring (bicyclic) bond motifs is 1. The number of hydrogen-bond donors (Lipinski definition) is 0. The Hall–Kier alpha value is -2.37. The van der Waals surface area contributed by atoms with Crippen LogP contribution in [0, 0.1) is 0 Å². The first-order chi connectivity index (χ1) is 10.3. The molecule has 0 atom stereocenters. The molecule has 0 N–H and O–H groups in total. The number of ether oxygens (including phenoxy) is 2. The largest absolute Gasteiger partial charge is 0.481 e. The van der Waals surface area contributed by atoms with Crippen LogP contribution in [0.4, 0.5) is 0 Å². The normalized spacial score (nSPS) is 13.6. The molecule has 6 nitrogen and oxygen atoms in total. The second kappa shape index (κ2) is 5.95. The van der Waals surface area contributed by atoms with Gasteiger partial charge in [0.25, 0.3) is 0 Å². The van der Waals surface area contributed by atoms with E-state index in [0.29, 0.717) is 11.6 Å². The zero-order valence-electron chi connectivity index (χ0n) is 11.8. The minimum absolute atomic E-state index is 0.150. The number of nitrogens with zero attached hydrogens (tertiary/aromatic N) is 2. The summed E-state index contributed by atoms with van der Waals surface area (Å²) in [4.78, 5) is 16.1. The van der Waals surface area contributed by atoms with Crippen molar-refractivity contribution in [1.29, 1.82) is 0 Å². The Bertz CT molecular complexity index is 634. The summed E-state index contributed by atoms with van der Waals surface area (Å²) < 4.78 is 15.5. The van der Waals surface area contributed by atoms with E-state index < -0.39 is 5.97 Å². The van der Waals surface area contributed by atoms with Crippen molar-refractivity contribution in [2.24, 2.45) is 0 Å². The topological polar surface area (TPSA) is 74.5 Å². The van der Waals surface area contributed by atoms with E-state index in [1.165, 1.54) is 0 Å². The molecule has 0 saturated heterocycles. The summed E-state index contributed by atoms with van der Waals surface area (Å²) in [5.74, 6) is 0.896. The van der Waals surface area contributed by atoms with Crippen LogP contribution in [0.25, 0.3) is 0 Å². The Kier molecular flexibility index (Phi) is 3.85. The molecule has 0 aliphatic heterocycles. The van der Waals surface area contributed by atoms with E-state index in [-0.39, 0.29) is 6.61 Å². The van der Waals surface area contributed by atoms with Crippen LogP contribution in [0.1, 0.15) is 40.2 Å². The lowest BCUT2D eigenvalue weighted by molar-refractivity contribution is 0.0459. The van der Waals surface area contributed by atoms with Crippen molar-refractivity contribution in [3.63, 3.8) is 0 Å². The van der Waals surface area contributed by atoms with Gasteiger partial charge in [-0.3, -0.25) is 0 Å².